The van der Waals surface area contributed by atoms with E-state index >= 15 is 0 Å². The van der Waals surface area contributed by atoms with Gasteiger partial charge in [-0.1, -0.05) is 24.3 Å². The molecule has 2 nitrogen and oxygen atoms in total. The van der Waals surface area contributed by atoms with Crippen LogP contribution in [0.5, 0.6) is 0 Å². The zero-order valence-corrected chi connectivity index (χ0v) is 11.2. The Bertz CT molecular complexity index is 810. The summed E-state index contributed by atoms with van der Waals surface area (Å²) in [5.74, 6) is -0.319. The van der Waals surface area contributed by atoms with Crippen molar-refractivity contribution in [3.8, 4) is 6.07 Å². The summed E-state index contributed by atoms with van der Waals surface area (Å²) in [6.07, 6.45) is 1.65. The summed E-state index contributed by atoms with van der Waals surface area (Å²) >= 11 is 1.46. The molecule has 0 atom stereocenters. The van der Waals surface area contributed by atoms with Crippen molar-refractivity contribution < 1.29 is 4.39 Å². The number of fused-ring (bicyclic) bond motifs is 1. The van der Waals surface area contributed by atoms with Gasteiger partial charge in [0.25, 0.3) is 0 Å². The van der Waals surface area contributed by atoms with E-state index in [1.165, 1.54) is 23.5 Å². The molecule has 0 spiro atoms. The zero-order valence-electron chi connectivity index (χ0n) is 10.4. The average molecular weight is 280 g/mol. The topological polar surface area (TPSA) is 36.7 Å². The second-order valence-corrected chi connectivity index (χ2v) is 5.24. The number of hydrogen-bond acceptors (Lipinski definition) is 3. The Morgan fingerprint density at radius 1 is 1.20 bits per heavy atom. The van der Waals surface area contributed by atoms with Crippen LogP contribution >= 0.6 is 11.3 Å². The zero-order chi connectivity index (χ0) is 13.9. The number of allylic oxidation sites excluding steroid dienone is 1. The molecule has 2 aromatic carbocycles. The van der Waals surface area contributed by atoms with Gasteiger partial charge in [-0.05, 0) is 35.9 Å². The predicted molar refractivity (Wildman–Crippen MR) is 79.5 cm³/mol. The van der Waals surface area contributed by atoms with Crippen LogP contribution in [0.4, 0.5) is 4.39 Å². The molecule has 3 aromatic rings. The lowest BCUT2D eigenvalue weighted by molar-refractivity contribution is 0.627. The van der Waals surface area contributed by atoms with E-state index in [1.807, 2.05) is 24.3 Å². The largest absolute Gasteiger partial charge is 0.235 e. The number of halogens is 1. The van der Waals surface area contributed by atoms with E-state index in [2.05, 4.69) is 11.1 Å². The molecule has 0 bridgehead atoms. The van der Waals surface area contributed by atoms with Gasteiger partial charge in [-0.3, -0.25) is 0 Å². The second kappa shape index (κ2) is 5.24. The maximum Gasteiger partial charge on any atom is 0.135 e. The first kappa shape index (κ1) is 12.5. The van der Waals surface area contributed by atoms with Crippen LogP contribution in [-0.2, 0) is 0 Å². The summed E-state index contributed by atoms with van der Waals surface area (Å²) in [6, 6.07) is 16.0. The lowest BCUT2D eigenvalue weighted by Crippen LogP contribution is -1.81. The molecule has 1 heterocycles. The van der Waals surface area contributed by atoms with E-state index in [4.69, 9.17) is 0 Å². The van der Waals surface area contributed by atoms with Crippen molar-refractivity contribution in [2.24, 2.45) is 0 Å². The van der Waals surface area contributed by atoms with Crippen LogP contribution in [-0.4, -0.2) is 4.98 Å². The van der Waals surface area contributed by atoms with E-state index in [0.29, 0.717) is 16.1 Å². The highest BCUT2D eigenvalue weighted by Gasteiger charge is 2.08. The molecule has 3 rings (SSSR count). The molecule has 0 aliphatic rings. The second-order valence-electron chi connectivity index (χ2n) is 4.21. The fourth-order valence-corrected chi connectivity index (χ4v) is 2.82. The Labute approximate surface area is 119 Å². The van der Waals surface area contributed by atoms with Gasteiger partial charge < -0.3 is 0 Å². The van der Waals surface area contributed by atoms with Gasteiger partial charge in [0.1, 0.15) is 16.9 Å². The van der Waals surface area contributed by atoms with Crippen molar-refractivity contribution in [3.05, 3.63) is 64.9 Å². The molecule has 0 saturated heterocycles. The number of para-hydroxylation sites is 1. The molecule has 0 aliphatic heterocycles. The molecule has 0 fully saturated rings. The minimum absolute atomic E-state index is 0.319. The molecule has 1 aromatic heterocycles. The highest BCUT2D eigenvalue weighted by Crippen LogP contribution is 2.27. The van der Waals surface area contributed by atoms with Gasteiger partial charge in [0, 0.05) is 0 Å². The Kier molecular flexibility index (Phi) is 3.28. The molecule has 20 heavy (non-hydrogen) atoms. The SMILES string of the molecule is N#C/C(=C\c1cccc(F)c1)c1nc2ccccc2s1. The van der Waals surface area contributed by atoms with Gasteiger partial charge in [0.05, 0.1) is 15.8 Å². The molecule has 0 amide bonds. The Morgan fingerprint density at radius 2 is 2.05 bits per heavy atom. The summed E-state index contributed by atoms with van der Waals surface area (Å²) in [5, 5.41) is 9.94. The Morgan fingerprint density at radius 3 is 2.80 bits per heavy atom. The standard InChI is InChI=1S/C16H9FN2S/c17-13-5-3-4-11(9-13)8-12(10-18)16-19-14-6-1-2-7-15(14)20-16/h1-9H/b12-8+. The molecular weight excluding hydrogens is 271 g/mol. The quantitative estimate of drug-likeness (QED) is 0.648. The van der Waals surface area contributed by atoms with Gasteiger partial charge in [0.2, 0.25) is 0 Å². The van der Waals surface area contributed by atoms with Gasteiger partial charge in [-0.15, -0.1) is 11.3 Å². The summed E-state index contributed by atoms with van der Waals surface area (Å²) < 4.78 is 14.2. The van der Waals surface area contributed by atoms with Gasteiger partial charge in [-0.25, -0.2) is 9.37 Å². The van der Waals surface area contributed by atoms with Crippen LogP contribution in [0.25, 0.3) is 21.9 Å². The highest BCUT2D eigenvalue weighted by atomic mass is 32.1. The lowest BCUT2D eigenvalue weighted by atomic mass is 10.1. The highest BCUT2D eigenvalue weighted by molar-refractivity contribution is 7.19. The van der Waals surface area contributed by atoms with Crippen LogP contribution in [0.2, 0.25) is 0 Å². The lowest BCUT2D eigenvalue weighted by Gasteiger charge is -1.95. The maximum atomic E-state index is 13.2. The van der Waals surface area contributed by atoms with Crippen LogP contribution in [0, 0.1) is 17.1 Å². The minimum atomic E-state index is -0.319. The summed E-state index contributed by atoms with van der Waals surface area (Å²) in [7, 11) is 0. The van der Waals surface area contributed by atoms with Gasteiger partial charge in [0.15, 0.2) is 0 Å². The fourth-order valence-electron chi connectivity index (χ4n) is 1.89. The first-order valence-corrected chi connectivity index (χ1v) is 6.81. The number of hydrogen-bond donors (Lipinski definition) is 0. The first-order valence-electron chi connectivity index (χ1n) is 5.99. The molecule has 0 unspecified atom stereocenters. The number of aromatic nitrogens is 1. The number of thiazole rings is 1. The Balaban J connectivity index is 2.07. The third kappa shape index (κ3) is 2.44. The van der Waals surface area contributed by atoms with Crippen LogP contribution in [0.15, 0.2) is 48.5 Å². The van der Waals surface area contributed by atoms with E-state index in [0.717, 1.165) is 10.2 Å². The monoisotopic (exact) mass is 280 g/mol. The fraction of sp³-hybridized carbons (Fsp3) is 0. The van der Waals surface area contributed by atoms with Crippen LogP contribution < -0.4 is 0 Å². The van der Waals surface area contributed by atoms with Crippen molar-refractivity contribution in [2.75, 3.05) is 0 Å². The van der Waals surface area contributed by atoms with Crippen molar-refractivity contribution in [1.82, 2.24) is 4.98 Å². The number of rotatable bonds is 2. The van der Waals surface area contributed by atoms with E-state index in [-0.39, 0.29) is 5.82 Å². The minimum Gasteiger partial charge on any atom is -0.235 e. The third-order valence-corrected chi connectivity index (χ3v) is 3.87. The third-order valence-electron chi connectivity index (χ3n) is 2.80. The van der Waals surface area contributed by atoms with Crippen molar-refractivity contribution in [2.45, 2.75) is 0 Å². The van der Waals surface area contributed by atoms with Crippen molar-refractivity contribution >= 4 is 33.2 Å². The average Bonchev–Trinajstić information content (AvgIpc) is 2.88. The predicted octanol–water partition coefficient (Wildman–Crippen LogP) is 4.50. The molecule has 0 aliphatic carbocycles. The molecule has 4 heteroatoms. The van der Waals surface area contributed by atoms with Crippen LogP contribution in [0.3, 0.4) is 0 Å². The Hall–Kier alpha value is -2.51. The number of nitrogens with zero attached hydrogens (tertiary/aromatic N) is 2. The summed E-state index contributed by atoms with van der Waals surface area (Å²) in [6.45, 7) is 0. The molecular formula is C16H9FN2S. The van der Waals surface area contributed by atoms with E-state index in [9.17, 15) is 9.65 Å². The first-order chi connectivity index (χ1) is 9.76. The normalized spacial score (nSPS) is 11.5. The number of nitriles is 1. The smallest absolute Gasteiger partial charge is 0.135 e. The number of benzene rings is 2. The van der Waals surface area contributed by atoms with E-state index in [1.54, 1.807) is 18.2 Å². The maximum absolute atomic E-state index is 13.2. The summed E-state index contributed by atoms with van der Waals surface area (Å²) in [5.41, 5.74) is 1.96. The van der Waals surface area contributed by atoms with Crippen LogP contribution in [0.1, 0.15) is 10.6 Å². The van der Waals surface area contributed by atoms with Gasteiger partial charge in [-0.2, -0.15) is 5.26 Å². The van der Waals surface area contributed by atoms with E-state index < -0.39 is 0 Å². The van der Waals surface area contributed by atoms with Gasteiger partial charge >= 0.3 is 0 Å². The molecule has 0 saturated carbocycles. The van der Waals surface area contributed by atoms with Crippen molar-refractivity contribution in [1.29, 1.82) is 5.26 Å². The summed E-state index contributed by atoms with van der Waals surface area (Å²) in [4.78, 5) is 4.44. The van der Waals surface area contributed by atoms with Crippen molar-refractivity contribution in [3.63, 3.8) is 0 Å². The molecule has 0 N–H and O–H groups in total. The molecule has 0 radical (unpaired) electrons. The molecule has 96 valence electrons.